The van der Waals surface area contributed by atoms with Crippen molar-refractivity contribution in [3.63, 3.8) is 0 Å². The maximum Gasteiger partial charge on any atom is 0.191 e. The summed E-state index contributed by atoms with van der Waals surface area (Å²) < 4.78 is 0. The standard InChI is InChI=1S/C16H25N5.HI/c1-4-17-16(20-14-7-5-6-8-14)19-12-13-9-10-18-15(11-13)21(2)3;/h5-6,9-11,14H,4,7-8,12H2,1-3H3,(H2,17,19,20);1H. The molecule has 0 amide bonds. The third-order valence-corrected chi connectivity index (χ3v) is 3.38. The second kappa shape index (κ2) is 9.66. The molecule has 0 saturated carbocycles. The van der Waals surface area contributed by atoms with Gasteiger partial charge in [-0.3, -0.25) is 0 Å². The van der Waals surface area contributed by atoms with Crippen LogP contribution < -0.4 is 15.5 Å². The first-order chi connectivity index (χ1) is 10.2. The van der Waals surface area contributed by atoms with E-state index < -0.39 is 0 Å². The lowest BCUT2D eigenvalue weighted by atomic mass is 10.2. The average molecular weight is 415 g/mol. The molecule has 2 N–H and O–H groups in total. The summed E-state index contributed by atoms with van der Waals surface area (Å²) in [6.07, 6.45) is 8.41. The number of halogens is 1. The number of pyridine rings is 1. The quantitative estimate of drug-likeness (QED) is 0.336. The van der Waals surface area contributed by atoms with Gasteiger partial charge in [-0.1, -0.05) is 12.2 Å². The molecule has 1 aromatic rings. The van der Waals surface area contributed by atoms with Crippen LogP contribution in [0.1, 0.15) is 25.3 Å². The van der Waals surface area contributed by atoms with Crippen LogP contribution in [0.4, 0.5) is 5.82 Å². The predicted molar refractivity (Wildman–Crippen MR) is 104 cm³/mol. The summed E-state index contributed by atoms with van der Waals surface area (Å²) >= 11 is 0. The van der Waals surface area contributed by atoms with Crippen LogP contribution in [0.25, 0.3) is 0 Å². The Labute approximate surface area is 150 Å². The molecule has 0 aliphatic heterocycles. The van der Waals surface area contributed by atoms with Gasteiger partial charge in [-0.25, -0.2) is 9.98 Å². The van der Waals surface area contributed by atoms with Crippen molar-refractivity contribution in [1.29, 1.82) is 0 Å². The minimum atomic E-state index is 0. The molecule has 0 aromatic carbocycles. The number of nitrogens with one attached hydrogen (secondary N) is 2. The zero-order chi connectivity index (χ0) is 15.1. The highest BCUT2D eigenvalue weighted by Gasteiger charge is 2.11. The van der Waals surface area contributed by atoms with E-state index in [1.165, 1.54) is 0 Å². The van der Waals surface area contributed by atoms with Gasteiger partial charge < -0.3 is 15.5 Å². The number of aromatic nitrogens is 1. The highest BCUT2D eigenvalue weighted by Crippen LogP contribution is 2.11. The van der Waals surface area contributed by atoms with Crippen LogP contribution in [-0.2, 0) is 6.54 Å². The van der Waals surface area contributed by atoms with Gasteiger partial charge in [0.15, 0.2) is 5.96 Å². The van der Waals surface area contributed by atoms with Gasteiger partial charge in [0.25, 0.3) is 0 Å². The Morgan fingerprint density at radius 3 is 2.73 bits per heavy atom. The second-order valence-electron chi connectivity index (χ2n) is 5.40. The van der Waals surface area contributed by atoms with Crippen molar-refractivity contribution in [3.8, 4) is 0 Å². The number of anilines is 1. The van der Waals surface area contributed by atoms with Crippen molar-refractivity contribution >= 4 is 35.8 Å². The first kappa shape index (κ1) is 18.7. The van der Waals surface area contributed by atoms with Gasteiger partial charge >= 0.3 is 0 Å². The Bertz CT molecular complexity index is 505. The van der Waals surface area contributed by atoms with E-state index in [0.717, 1.165) is 36.7 Å². The molecule has 0 bridgehead atoms. The van der Waals surface area contributed by atoms with Gasteiger partial charge in [0, 0.05) is 32.9 Å². The highest BCUT2D eigenvalue weighted by molar-refractivity contribution is 14.0. The van der Waals surface area contributed by atoms with E-state index in [0.29, 0.717) is 12.6 Å². The molecule has 22 heavy (non-hydrogen) atoms. The smallest absolute Gasteiger partial charge is 0.191 e. The molecule has 0 fully saturated rings. The van der Waals surface area contributed by atoms with Crippen LogP contribution in [0.5, 0.6) is 0 Å². The van der Waals surface area contributed by atoms with E-state index in [1.54, 1.807) is 0 Å². The van der Waals surface area contributed by atoms with E-state index in [-0.39, 0.29) is 24.0 Å². The summed E-state index contributed by atoms with van der Waals surface area (Å²) in [5.74, 6) is 1.84. The van der Waals surface area contributed by atoms with Crippen molar-refractivity contribution in [3.05, 3.63) is 36.0 Å². The molecule has 1 aliphatic rings. The van der Waals surface area contributed by atoms with Crippen molar-refractivity contribution in [2.45, 2.75) is 32.4 Å². The van der Waals surface area contributed by atoms with Crippen molar-refractivity contribution in [2.75, 3.05) is 25.5 Å². The van der Waals surface area contributed by atoms with Crippen molar-refractivity contribution < 1.29 is 0 Å². The summed E-state index contributed by atoms with van der Waals surface area (Å²) in [5.41, 5.74) is 1.16. The average Bonchev–Trinajstić information content (AvgIpc) is 2.98. The lowest BCUT2D eigenvalue weighted by molar-refractivity contribution is 0.633. The number of nitrogens with zero attached hydrogens (tertiary/aromatic N) is 3. The van der Waals surface area contributed by atoms with Crippen LogP contribution >= 0.6 is 24.0 Å². The highest BCUT2D eigenvalue weighted by atomic mass is 127. The Morgan fingerprint density at radius 1 is 1.36 bits per heavy atom. The van der Waals surface area contributed by atoms with Crippen LogP contribution in [0.15, 0.2) is 35.5 Å². The van der Waals surface area contributed by atoms with Crippen LogP contribution in [-0.4, -0.2) is 37.6 Å². The number of hydrogen-bond donors (Lipinski definition) is 2. The third kappa shape index (κ3) is 5.82. The van der Waals surface area contributed by atoms with E-state index in [2.05, 4.69) is 45.8 Å². The SMILES string of the molecule is CCNC(=NCc1ccnc(N(C)C)c1)NC1CC=CC1.I. The van der Waals surface area contributed by atoms with Crippen LogP contribution in [0.2, 0.25) is 0 Å². The lowest BCUT2D eigenvalue weighted by Crippen LogP contribution is -2.42. The molecule has 0 spiro atoms. The molecular formula is C16H26IN5. The fourth-order valence-corrected chi connectivity index (χ4v) is 2.22. The number of aliphatic imine (C=N–C) groups is 1. The summed E-state index contributed by atoms with van der Waals surface area (Å²) in [7, 11) is 3.99. The monoisotopic (exact) mass is 415 g/mol. The molecule has 122 valence electrons. The van der Waals surface area contributed by atoms with E-state index in [9.17, 15) is 0 Å². The fraction of sp³-hybridized carbons (Fsp3) is 0.500. The van der Waals surface area contributed by atoms with Crippen LogP contribution in [0.3, 0.4) is 0 Å². The Hall–Kier alpha value is -1.31. The second-order valence-corrected chi connectivity index (χ2v) is 5.40. The summed E-state index contributed by atoms with van der Waals surface area (Å²) in [5, 5.41) is 6.78. The van der Waals surface area contributed by atoms with Gasteiger partial charge in [0.2, 0.25) is 0 Å². The molecule has 6 heteroatoms. The summed E-state index contributed by atoms with van der Waals surface area (Å²) in [6, 6.07) is 4.55. The van der Waals surface area contributed by atoms with Gasteiger partial charge in [0.05, 0.1) is 6.54 Å². The van der Waals surface area contributed by atoms with Crippen LogP contribution in [0, 0.1) is 0 Å². The van der Waals surface area contributed by atoms with E-state index >= 15 is 0 Å². The molecule has 1 aromatic heterocycles. The van der Waals surface area contributed by atoms with E-state index in [1.807, 2.05) is 31.3 Å². The minimum absolute atomic E-state index is 0. The van der Waals surface area contributed by atoms with Gasteiger partial charge in [-0.15, -0.1) is 24.0 Å². The van der Waals surface area contributed by atoms with Gasteiger partial charge in [-0.05, 0) is 37.5 Å². The zero-order valence-corrected chi connectivity index (χ0v) is 15.9. The Morgan fingerprint density at radius 2 is 2.09 bits per heavy atom. The van der Waals surface area contributed by atoms with Gasteiger partial charge in [0.1, 0.15) is 5.82 Å². The lowest BCUT2D eigenvalue weighted by Gasteiger charge is -2.17. The Balaban J connectivity index is 0.00000242. The maximum atomic E-state index is 4.67. The molecule has 2 rings (SSSR count). The van der Waals surface area contributed by atoms with E-state index in [4.69, 9.17) is 0 Å². The van der Waals surface area contributed by atoms with Crippen molar-refractivity contribution in [2.24, 2.45) is 4.99 Å². The molecule has 0 radical (unpaired) electrons. The fourth-order valence-electron chi connectivity index (χ4n) is 2.22. The summed E-state index contributed by atoms with van der Waals surface area (Å²) in [4.78, 5) is 11.0. The zero-order valence-electron chi connectivity index (χ0n) is 13.5. The molecule has 0 unspecified atom stereocenters. The first-order valence-electron chi connectivity index (χ1n) is 7.51. The Kier molecular flexibility index (Phi) is 8.22. The molecule has 5 nitrogen and oxygen atoms in total. The third-order valence-electron chi connectivity index (χ3n) is 3.38. The minimum Gasteiger partial charge on any atom is -0.363 e. The topological polar surface area (TPSA) is 52.6 Å². The molecule has 0 saturated heterocycles. The first-order valence-corrected chi connectivity index (χ1v) is 7.51. The normalized spacial score (nSPS) is 14.6. The molecule has 1 heterocycles. The summed E-state index contributed by atoms with van der Waals surface area (Å²) in [6.45, 7) is 3.60. The molecule has 1 aliphatic carbocycles. The number of hydrogen-bond acceptors (Lipinski definition) is 3. The molecule has 0 atom stereocenters. The molecular weight excluding hydrogens is 389 g/mol. The maximum absolute atomic E-state index is 4.67. The predicted octanol–water partition coefficient (Wildman–Crippen LogP) is 2.54. The van der Waals surface area contributed by atoms with Gasteiger partial charge in [-0.2, -0.15) is 0 Å². The van der Waals surface area contributed by atoms with Crippen molar-refractivity contribution in [1.82, 2.24) is 15.6 Å². The largest absolute Gasteiger partial charge is 0.363 e. The number of guanidine groups is 1. The number of rotatable bonds is 5.